The summed E-state index contributed by atoms with van der Waals surface area (Å²) in [5.41, 5.74) is 3.12. The van der Waals surface area contributed by atoms with E-state index in [1.54, 1.807) is 12.1 Å². The molecule has 3 amide bonds. The molecule has 158 valence electrons. The third-order valence-corrected chi connectivity index (χ3v) is 8.00. The number of carbonyl (C=O) groups excluding carboxylic acids is 3. The first kappa shape index (κ1) is 19.2. The maximum absolute atomic E-state index is 13.9. The van der Waals surface area contributed by atoms with Crippen LogP contribution in [0.5, 0.6) is 0 Å². The fourth-order valence-electron chi connectivity index (χ4n) is 6.53. The van der Waals surface area contributed by atoms with Crippen LogP contribution in [0.25, 0.3) is 0 Å². The molecule has 3 saturated heterocycles. The van der Waals surface area contributed by atoms with Gasteiger partial charge in [-0.1, -0.05) is 39.7 Å². The van der Waals surface area contributed by atoms with Crippen LogP contribution in [0.1, 0.15) is 29.5 Å². The zero-order valence-electron chi connectivity index (χ0n) is 17.3. The monoisotopic (exact) mass is 479 g/mol. The number of halogens is 1. The summed E-state index contributed by atoms with van der Waals surface area (Å²) in [6.45, 7) is 4.70. The van der Waals surface area contributed by atoms with Crippen molar-refractivity contribution in [2.45, 2.75) is 38.3 Å². The van der Waals surface area contributed by atoms with Gasteiger partial charge in [0.15, 0.2) is 0 Å². The van der Waals surface area contributed by atoms with Crippen molar-refractivity contribution in [1.82, 2.24) is 4.90 Å². The zero-order valence-corrected chi connectivity index (χ0v) is 18.9. The molecule has 4 unspecified atom stereocenters. The van der Waals surface area contributed by atoms with E-state index >= 15 is 0 Å². The second kappa shape index (κ2) is 6.26. The number of aryl methyl sites for hydroxylation is 2. The van der Waals surface area contributed by atoms with Gasteiger partial charge in [0, 0.05) is 21.8 Å². The van der Waals surface area contributed by atoms with Crippen molar-refractivity contribution in [3.8, 4) is 0 Å². The van der Waals surface area contributed by atoms with Gasteiger partial charge < -0.3 is 5.32 Å². The number of anilines is 2. The maximum atomic E-state index is 13.9. The predicted octanol–water partition coefficient (Wildman–Crippen LogP) is 3.50. The van der Waals surface area contributed by atoms with Crippen molar-refractivity contribution in [2.75, 3.05) is 16.8 Å². The molecule has 31 heavy (non-hydrogen) atoms. The number of rotatable bonds is 1. The van der Waals surface area contributed by atoms with E-state index in [0.717, 1.165) is 46.2 Å². The van der Waals surface area contributed by atoms with Gasteiger partial charge in [-0.05, 0) is 57.0 Å². The van der Waals surface area contributed by atoms with Crippen LogP contribution in [0.3, 0.4) is 0 Å². The average molecular weight is 480 g/mol. The second-order valence-electron chi connectivity index (χ2n) is 9.12. The number of amides is 3. The molecule has 2 aromatic carbocycles. The van der Waals surface area contributed by atoms with Crippen molar-refractivity contribution in [3.05, 3.63) is 57.6 Å². The highest BCUT2D eigenvalue weighted by Crippen LogP contribution is 2.61. The molecule has 3 fully saturated rings. The molecule has 2 aromatic rings. The molecule has 0 saturated carbocycles. The molecule has 4 heterocycles. The summed E-state index contributed by atoms with van der Waals surface area (Å²) in [6, 6.07) is 11.2. The van der Waals surface area contributed by atoms with Crippen LogP contribution in [-0.2, 0) is 19.9 Å². The van der Waals surface area contributed by atoms with E-state index in [9.17, 15) is 14.4 Å². The van der Waals surface area contributed by atoms with Gasteiger partial charge in [0.1, 0.15) is 5.54 Å². The lowest BCUT2D eigenvalue weighted by molar-refractivity contribution is -0.135. The van der Waals surface area contributed by atoms with Gasteiger partial charge in [-0.2, -0.15) is 0 Å². The zero-order chi connectivity index (χ0) is 21.7. The average Bonchev–Trinajstić information content (AvgIpc) is 3.41. The van der Waals surface area contributed by atoms with E-state index in [4.69, 9.17) is 0 Å². The second-order valence-corrected chi connectivity index (χ2v) is 10.0. The van der Waals surface area contributed by atoms with Gasteiger partial charge >= 0.3 is 0 Å². The Bertz CT molecular complexity index is 1190. The number of carbonyl (C=O) groups is 3. The normalized spacial score (nSPS) is 31.4. The highest BCUT2D eigenvalue weighted by Gasteiger charge is 2.74. The molecule has 1 N–H and O–H groups in total. The highest BCUT2D eigenvalue weighted by atomic mass is 79.9. The summed E-state index contributed by atoms with van der Waals surface area (Å²) >= 11 is 3.44. The minimum absolute atomic E-state index is 0.101. The third-order valence-electron chi connectivity index (χ3n) is 7.51. The van der Waals surface area contributed by atoms with Gasteiger partial charge in [-0.3, -0.25) is 19.3 Å². The molecule has 0 bridgehead atoms. The number of hydrogen-bond donors (Lipinski definition) is 1. The van der Waals surface area contributed by atoms with Crippen molar-refractivity contribution in [3.63, 3.8) is 0 Å². The number of fused-ring (bicyclic) bond motifs is 7. The Morgan fingerprint density at radius 2 is 1.90 bits per heavy atom. The quantitative estimate of drug-likeness (QED) is 0.635. The number of hydrogen-bond acceptors (Lipinski definition) is 4. The van der Waals surface area contributed by atoms with E-state index in [1.165, 1.54) is 4.90 Å². The van der Waals surface area contributed by atoms with Gasteiger partial charge in [-0.15, -0.1) is 0 Å². The minimum atomic E-state index is -1.12. The fourth-order valence-corrected chi connectivity index (χ4v) is 6.92. The van der Waals surface area contributed by atoms with Crippen molar-refractivity contribution >= 4 is 45.0 Å². The third kappa shape index (κ3) is 2.23. The molecule has 4 aliphatic heterocycles. The molecule has 0 aliphatic carbocycles. The fraction of sp³-hybridized carbons (Fsp3) is 0.375. The first-order valence-electron chi connectivity index (χ1n) is 10.7. The first-order chi connectivity index (χ1) is 14.9. The lowest BCUT2D eigenvalue weighted by atomic mass is 9.75. The summed E-state index contributed by atoms with van der Waals surface area (Å²) in [5.74, 6) is -1.86. The Morgan fingerprint density at radius 3 is 2.68 bits per heavy atom. The maximum Gasteiger partial charge on any atom is 0.250 e. The number of imide groups is 1. The summed E-state index contributed by atoms with van der Waals surface area (Å²) in [7, 11) is 0. The Labute approximate surface area is 188 Å². The summed E-state index contributed by atoms with van der Waals surface area (Å²) in [6.07, 6.45) is 1.74. The smallest absolute Gasteiger partial charge is 0.250 e. The molecule has 1 spiro atoms. The molecule has 0 radical (unpaired) electrons. The van der Waals surface area contributed by atoms with Gasteiger partial charge in [0.2, 0.25) is 17.7 Å². The SMILES string of the molecule is Cc1cc(C)c2c(c1)C1(C(=O)N2)C2C(=O)N(c3cccc(Br)c3)C(=O)C2C2CCCN21. The van der Waals surface area contributed by atoms with Crippen LogP contribution >= 0.6 is 15.9 Å². The standard InChI is InChI=1S/C24H22BrN3O3/c1-12-9-13(2)20-16(10-12)24(23(31)26-20)19-18(17-7-4-8-27(17)24)21(29)28(22(19)30)15-6-3-5-14(25)11-15/h3,5-6,9-11,17-19H,4,7-8H2,1-2H3,(H,26,31). The summed E-state index contributed by atoms with van der Waals surface area (Å²) in [4.78, 5) is 44.8. The van der Waals surface area contributed by atoms with Crippen LogP contribution in [-0.4, -0.2) is 35.2 Å². The minimum Gasteiger partial charge on any atom is -0.324 e. The summed E-state index contributed by atoms with van der Waals surface area (Å²) < 4.78 is 0.801. The Morgan fingerprint density at radius 1 is 1.10 bits per heavy atom. The van der Waals surface area contributed by atoms with Crippen LogP contribution in [0.2, 0.25) is 0 Å². The molecule has 6 nitrogen and oxygen atoms in total. The number of nitrogens with zero attached hydrogens (tertiary/aromatic N) is 2. The molecular formula is C24H22BrN3O3. The Balaban J connectivity index is 1.58. The van der Waals surface area contributed by atoms with Crippen LogP contribution in [0.15, 0.2) is 40.9 Å². The predicted molar refractivity (Wildman–Crippen MR) is 120 cm³/mol. The highest BCUT2D eigenvalue weighted by molar-refractivity contribution is 9.10. The van der Waals surface area contributed by atoms with Crippen LogP contribution in [0.4, 0.5) is 11.4 Å². The molecule has 0 aromatic heterocycles. The van der Waals surface area contributed by atoms with Gasteiger partial charge in [0.05, 0.1) is 17.5 Å². The molecular weight excluding hydrogens is 458 g/mol. The lowest BCUT2D eigenvalue weighted by Crippen LogP contribution is -2.54. The largest absolute Gasteiger partial charge is 0.324 e. The van der Waals surface area contributed by atoms with E-state index in [-0.39, 0.29) is 23.8 Å². The topological polar surface area (TPSA) is 69.7 Å². The van der Waals surface area contributed by atoms with E-state index in [0.29, 0.717) is 5.69 Å². The van der Waals surface area contributed by atoms with Crippen LogP contribution < -0.4 is 10.2 Å². The van der Waals surface area contributed by atoms with E-state index < -0.39 is 17.4 Å². The molecule has 4 aliphatic rings. The number of benzene rings is 2. The first-order valence-corrected chi connectivity index (χ1v) is 11.5. The molecule has 7 heteroatoms. The lowest BCUT2D eigenvalue weighted by Gasteiger charge is -2.36. The van der Waals surface area contributed by atoms with Crippen molar-refractivity contribution in [2.24, 2.45) is 11.8 Å². The Hall–Kier alpha value is -2.51. The molecule has 4 atom stereocenters. The van der Waals surface area contributed by atoms with Crippen molar-refractivity contribution < 1.29 is 14.4 Å². The van der Waals surface area contributed by atoms with E-state index in [1.807, 2.05) is 38.1 Å². The van der Waals surface area contributed by atoms with Crippen molar-refractivity contribution in [1.29, 1.82) is 0 Å². The van der Waals surface area contributed by atoms with Crippen LogP contribution in [0, 0.1) is 25.7 Å². The molecule has 6 rings (SSSR count). The number of nitrogens with one attached hydrogen (secondary N) is 1. The van der Waals surface area contributed by atoms with E-state index in [2.05, 4.69) is 26.1 Å². The summed E-state index contributed by atoms with van der Waals surface area (Å²) in [5, 5.41) is 3.08. The van der Waals surface area contributed by atoms with Gasteiger partial charge in [-0.25, -0.2) is 4.90 Å². The Kier molecular flexibility index (Phi) is 3.88. The van der Waals surface area contributed by atoms with Gasteiger partial charge in [0.25, 0.3) is 0 Å².